The predicted octanol–water partition coefficient (Wildman–Crippen LogP) is 3.19. The normalized spacial score (nSPS) is 12.1. The van der Waals surface area contributed by atoms with Crippen LogP contribution in [-0.4, -0.2) is 27.9 Å². The summed E-state index contributed by atoms with van der Waals surface area (Å²) in [6, 6.07) is 17.0. The van der Waals surface area contributed by atoms with Crippen LogP contribution in [0.3, 0.4) is 0 Å². The van der Waals surface area contributed by atoms with E-state index in [9.17, 15) is 0 Å². The van der Waals surface area contributed by atoms with Crippen LogP contribution < -0.4 is 10.1 Å². The summed E-state index contributed by atoms with van der Waals surface area (Å²) in [5, 5.41) is 3.37. The topological polar surface area (TPSA) is 30.5 Å². The van der Waals surface area contributed by atoms with Gasteiger partial charge in [0, 0.05) is 7.11 Å². The Morgan fingerprint density at radius 2 is 1.76 bits per heavy atom. The zero-order chi connectivity index (χ0) is 15.1. The van der Waals surface area contributed by atoms with Crippen LogP contribution in [0.4, 0.5) is 0 Å². The Bertz CT molecular complexity index is 551. The van der Waals surface area contributed by atoms with E-state index in [-0.39, 0.29) is 6.04 Å². The molecular weight excluding hydrogens is 262 g/mol. The van der Waals surface area contributed by atoms with Crippen LogP contribution in [0, 0.1) is 0 Å². The minimum absolute atomic E-state index is 0.163. The Hall–Kier alpha value is -1.84. The van der Waals surface area contributed by atoms with Gasteiger partial charge in [-0.3, -0.25) is 0 Å². The van der Waals surface area contributed by atoms with Gasteiger partial charge in [0.25, 0.3) is 0 Å². The molecule has 1 unspecified atom stereocenters. The predicted molar refractivity (Wildman–Crippen MR) is 85.9 cm³/mol. The van der Waals surface area contributed by atoms with E-state index >= 15 is 0 Å². The van der Waals surface area contributed by atoms with Crippen LogP contribution in [0.25, 0.3) is 0 Å². The molecule has 0 aliphatic rings. The van der Waals surface area contributed by atoms with Gasteiger partial charge in [0.1, 0.15) is 5.75 Å². The SMILES string of the molecule is CNC(c1ccc(CCOC)cc1)c1cccc(OC)c1. The van der Waals surface area contributed by atoms with Crippen molar-refractivity contribution in [1.82, 2.24) is 5.32 Å². The first-order valence-corrected chi connectivity index (χ1v) is 7.17. The van der Waals surface area contributed by atoms with Crippen molar-refractivity contribution in [2.24, 2.45) is 0 Å². The number of hydrogen-bond donors (Lipinski definition) is 1. The van der Waals surface area contributed by atoms with E-state index in [0.29, 0.717) is 0 Å². The van der Waals surface area contributed by atoms with Gasteiger partial charge in [0.05, 0.1) is 19.8 Å². The number of rotatable bonds is 7. The van der Waals surface area contributed by atoms with E-state index in [2.05, 4.69) is 41.7 Å². The van der Waals surface area contributed by atoms with Crippen LogP contribution in [0.15, 0.2) is 48.5 Å². The Balaban J connectivity index is 2.20. The van der Waals surface area contributed by atoms with Crippen molar-refractivity contribution in [1.29, 1.82) is 0 Å². The molecule has 0 aliphatic heterocycles. The van der Waals surface area contributed by atoms with Crippen molar-refractivity contribution in [2.75, 3.05) is 27.9 Å². The number of benzene rings is 2. The van der Waals surface area contributed by atoms with E-state index < -0.39 is 0 Å². The Labute approximate surface area is 126 Å². The zero-order valence-electron chi connectivity index (χ0n) is 12.9. The molecule has 0 fully saturated rings. The first kappa shape index (κ1) is 15.5. The fourth-order valence-electron chi connectivity index (χ4n) is 2.44. The minimum Gasteiger partial charge on any atom is -0.497 e. The van der Waals surface area contributed by atoms with Crippen LogP contribution in [-0.2, 0) is 11.2 Å². The molecule has 1 N–H and O–H groups in total. The van der Waals surface area contributed by atoms with Gasteiger partial charge >= 0.3 is 0 Å². The van der Waals surface area contributed by atoms with Gasteiger partial charge in [-0.25, -0.2) is 0 Å². The largest absolute Gasteiger partial charge is 0.497 e. The summed E-state index contributed by atoms with van der Waals surface area (Å²) < 4.78 is 10.4. The van der Waals surface area contributed by atoms with Gasteiger partial charge in [0.15, 0.2) is 0 Å². The molecule has 1 atom stereocenters. The highest BCUT2D eigenvalue weighted by molar-refractivity contribution is 5.37. The fourth-order valence-corrected chi connectivity index (χ4v) is 2.44. The van der Waals surface area contributed by atoms with Gasteiger partial charge in [0.2, 0.25) is 0 Å². The second-order valence-corrected chi connectivity index (χ2v) is 4.98. The molecule has 3 nitrogen and oxygen atoms in total. The molecule has 0 aromatic heterocycles. The molecule has 0 radical (unpaired) electrons. The van der Waals surface area contributed by atoms with E-state index in [4.69, 9.17) is 9.47 Å². The van der Waals surface area contributed by atoms with Crippen LogP contribution in [0.2, 0.25) is 0 Å². The van der Waals surface area contributed by atoms with Crippen LogP contribution >= 0.6 is 0 Å². The smallest absolute Gasteiger partial charge is 0.119 e. The van der Waals surface area contributed by atoms with Gasteiger partial charge in [-0.15, -0.1) is 0 Å². The first-order valence-electron chi connectivity index (χ1n) is 7.17. The number of nitrogens with one attached hydrogen (secondary N) is 1. The highest BCUT2D eigenvalue weighted by Crippen LogP contribution is 2.25. The standard InChI is InChI=1S/C18H23NO2/c1-19-18(16-5-4-6-17(13-16)21-3)15-9-7-14(8-10-15)11-12-20-2/h4-10,13,18-19H,11-12H2,1-3H3. The second-order valence-electron chi connectivity index (χ2n) is 4.98. The summed E-state index contributed by atoms with van der Waals surface area (Å²) in [5.74, 6) is 0.879. The molecule has 0 bridgehead atoms. The third-order valence-electron chi connectivity index (χ3n) is 3.62. The Kier molecular flexibility index (Phi) is 5.78. The summed E-state index contributed by atoms with van der Waals surface area (Å²) in [4.78, 5) is 0. The van der Waals surface area contributed by atoms with Crippen molar-refractivity contribution in [3.8, 4) is 5.75 Å². The maximum Gasteiger partial charge on any atom is 0.119 e. The number of hydrogen-bond acceptors (Lipinski definition) is 3. The molecule has 0 saturated carbocycles. The van der Waals surface area contributed by atoms with E-state index in [0.717, 1.165) is 18.8 Å². The fraction of sp³-hybridized carbons (Fsp3) is 0.333. The van der Waals surface area contributed by atoms with E-state index in [1.165, 1.54) is 16.7 Å². The molecule has 2 rings (SSSR count). The molecule has 0 amide bonds. The Morgan fingerprint density at radius 1 is 1.00 bits per heavy atom. The number of ether oxygens (including phenoxy) is 2. The molecular formula is C18H23NO2. The van der Waals surface area contributed by atoms with Gasteiger partial charge in [-0.05, 0) is 42.3 Å². The summed E-state index contributed by atoms with van der Waals surface area (Å²) in [7, 11) is 5.40. The summed E-state index contributed by atoms with van der Waals surface area (Å²) >= 11 is 0. The second kappa shape index (κ2) is 7.81. The molecule has 112 valence electrons. The van der Waals surface area contributed by atoms with E-state index in [1.54, 1.807) is 14.2 Å². The van der Waals surface area contributed by atoms with Crippen LogP contribution in [0.1, 0.15) is 22.7 Å². The summed E-state index contributed by atoms with van der Waals surface area (Å²) in [6.45, 7) is 0.755. The maximum atomic E-state index is 5.31. The molecule has 3 heteroatoms. The molecule has 2 aromatic rings. The monoisotopic (exact) mass is 285 g/mol. The highest BCUT2D eigenvalue weighted by Gasteiger charge is 2.12. The molecule has 0 spiro atoms. The van der Waals surface area contributed by atoms with Gasteiger partial charge in [-0.1, -0.05) is 36.4 Å². The zero-order valence-corrected chi connectivity index (χ0v) is 12.9. The molecule has 21 heavy (non-hydrogen) atoms. The van der Waals surface area contributed by atoms with Crippen molar-refractivity contribution >= 4 is 0 Å². The van der Waals surface area contributed by atoms with Crippen molar-refractivity contribution < 1.29 is 9.47 Å². The first-order chi connectivity index (χ1) is 10.3. The lowest BCUT2D eigenvalue weighted by Gasteiger charge is -2.18. The third-order valence-corrected chi connectivity index (χ3v) is 3.62. The molecule has 0 aliphatic carbocycles. The summed E-state index contributed by atoms with van der Waals surface area (Å²) in [6.07, 6.45) is 0.945. The average Bonchev–Trinajstić information content (AvgIpc) is 2.55. The molecule has 0 heterocycles. The maximum absolute atomic E-state index is 5.31. The van der Waals surface area contributed by atoms with E-state index in [1.807, 2.05) is 19.2 Å². The lowest BCUT2D eigenvalue weighted by atomic mass is 9.97. The van der Waals surface area contributed by atoms with Crippen molar-refractivity contribution in [3.05, 3.63) is 65.2 Å². The third kappa shape index (κ3) is 4.06. The van der Waals surface area contributed by atoms with Gasteiger partial charge in [-0.2, -0.15) is 0 Å². The number of methoxy groups -OCH3 is 2. The average molecular weight is 285 g/mol. The quantitative estimate of drug-likeness (QED) is 0.847. The lowest BCUT2D eigenvalue weighted by Crippen LogP contribution is -2.17. The van der Waals surface area contributed by atoms with Crippen LogP contribution in [0.5, 0.6) is 5.75 Å². The Morgan fingerprint density at radius 3 is 2.38 bits per heavy atom. The van der Waals surface area contributed by atoms with Crippen molar-refractivity contribution in [2.45, 2.75) is 12.5 Å². The van der Waals surface area contributed by atoms with Crippen molar-refractivity contribution in [3.63, 3.8) is 0 Å². The summed E-state index contributed by atoms with van der Waals surface area (Å²) in [5.41, 5.74) is 3.73. The van der Waals surface area contributed by atoms with Gasteiger partial charge < -0.3 is 14.8 Å². The lowest BCUT2D eigenvalue weighted by molar-refractivity contribution is 0.202. The minimum atomic E-state index is 0.163. The molecule has 0 saturated heterocycles. The highest BCUT2D eigenvalue weighted by atomic mass is 16.5. The molecule has 2 aromatic carbocycles.